The number of urea groups is 1. The molecule has 0 bridgehead atoms. The van der Waals surface area contributed by atoms with Gasteiger partial charge in [-0.1, -0.05) is 0 Å². The van der Waals surface area contributed by atoms with Crippen molar-refractivity contribution in [3.63, 3.8) is 0 Å². The Hall–Kier alpha value is -2.55. The van der Waals surface area contributed by atoms with Crippen molar-refractivity contribution in [3.05, 3.63) is 40.6 Å². The lowest BCUT2D eigenvalue weighted by molar-refractivity contribution is 0.0697. The van der Waals surface area contributed by atoms with Crippen molar-refractivity contribution in [1.29, 1.82) is 0 Å². The number of carboxylic acids is 1. The molecule has 20 heavy (non-hydrogen) atoms. The summed E-state index contributed by atoms with van der Waals surface area (Å²) in [6, 6.07) is 3.66. The molecule has 0 aliphatic heterocycles. The second-order valence-electron chi connectivity index (χ2n) is 3.55. The molecule has 0 saturated heterocycles. The van der Waals surface area contributed by atoms with Crippen molar-refractivity contribution >= 4 is 39.6 Å². The van der Waals surface area contributed by atoms with Gasteiger partial charge in [-0.15, -0.1) is 5.10 Å². The number of anilines is 2. The smallest absolute Gasteiger partial charge is 0.335 e. The van der Waals surface area contributed by atoms with E-state index in [2.05, 4.69) is 41.7 Å². The number of carbonyl (C=O) groups excluding carboxylic acids is 1. The molecule has 0 fully saturated rings. The van der Waals surface area contributed by atoms with Gasteiger partial charge < -0.3 is 10.4 Å². The van der Waals surface area contributed by atoms with Gasteiger partial charge in [0.1, 0.15) is 0 Å². The van der Waals surface area contributed by atoms with Crippen LogP contribution >= 0.6 is 15.9 Å². The van der Waals surface area contributed by atoms with Crippen LogP contribution in [0.4, 0.5) is 16.4 Å². The van der Waals surface area contributed by atoms with E-state index in [0.29, 0.717) is 10.2 Å². The number of carbonyl (C=O) groups is 2. The number of hydrogen-bond donors (Lipinski definition) is 3. The van der Waals surface area contributed by atoms with Gasteiger partial charge in [-0.05, 0) is 34.1 Å². The number of amides is 2. The number of aromatic carboxylic acids is 1. The summed E-state index contributed by atoms with van der Waals surface area (Å²) in [7, 11) is 0. The summed E-state index contributed by atoms with van der Waals surface area (Å²) in [5.41, 5.74) is 0.368. The molecule has 2 amide bonds. The Morgan fingerprint density at radius 1 is 1.20 bits per heavy atom. The quantitative estimate of drug-likeness (QED) is 0.788. The van der Waals surface area contributed by atoms with E-state index < -0.39 is 12.0 Å². The standard InChI is InChI=1S/C11H8BrN5O3/c12-7-2-1-6(9(18)19)5-8(7)15-11(20)16-10-13-3-4-14-17-10/h1-5H,(H,18,19)(H2,13,15,16,17,20). The van der Waals surface area contributed by atoms with Crippen LogP contribution in [0.25, 0.3) is 0 Å². The summed E-state index contributed by atoms with van der Waals surface area (Å²) in [6.45, 7) is 0. The zero-order valence-electron chi connectivity index (χ0n) is 9.87. The Morgan fingerprint density at radius 3 is 2.65 bits per heavy atom. The SMILES string of the molecule is O=C(Nc1nccnn1)Nc1cc(C(=O)O)ccc1Br. The fourth-order valence-electron chi connectivity index (χ4n) is 1.31. The van der Waals surface area contributed by atoms with E-state index in [-0.39, 0.29) is 11.5 Å². The molecule has 1 heterocycles. The maximum atomic E-state index is 11.7. The van der Waals surface area contributed by atoms with Gasteiger partial charge in [-0.25, -0.2) is 14.6 Å². The maximum Gasteiger partial charge on any atom is 0.335 e. The first kappa shape index (κ1) is 13.9. The van der Waals surface area contributed by atoms with E-state index in [9.17, 15) is 9.59 Å². The first-order valence-electron chi connectivity index (χ1n) is 5.31. The van der Waals surface area contributed by atoms with Crippen LogP contribution in [-0.4, -0.2) is 32.3 Å². The van der Waals surface area contributed by atoms with Crippen molar-refractivity contribution in [2.75, 3.05) is 10.6 Å². The largest absolute Gasteiger partial charge is 0.478 e. The van der Waals surface area contributed by atoms with Crippen molar-refractivity contribution in [1.82, 2.24) is 15.2 Å². The van der Waals surface area contributed by atoms with Crippen LogP contribution in [0, 0.1) is 0 Å². The average molecular weight is 338 g/mol. The molecular weight excluding hydrogens is 330 g/mol. The average Bonchev–Trinajstić information content (AvgIpc) is 2.42. The molecule has 0 aliphatic rings. The maximum absolute atomic E-state index is 11.7. The van der Waals surface area contributed by atoms with Crippen molar-refractivity contribution in [2.45, 2.75) is 0 Å². The number of aromatic nitrogens is 3. The third-order valence-corrected chi connectivity index (χ3v) is 2.86. The molecule has 1 aromatic heterocycles. The Morgan fingerprint density at radius 2 is 2.00 bits per heavy atom. The molecule has 0 unspecified atom stereocenters. The summed E-state index contributed by atoms with van der Waals surface area (Å²) in [5, 5.41) is 20.9. The summed E-state index contributed by atoms with van der Waals surface area (Å²) < 4.78 is 0.546. The number of halogens is 1. The Labute approximate surface area is 121 Å². The van der Waals surface area contributed by atoms with Crippen LogP contribution in [0.5, 0.6) is 0 Å². The molecule has 2 aromatic rings. The number of carboxylic acid groups (broad SMARTS) is 1. The zero-order chi connectivity index (χ0) is 14.5. The topological polar surface area (TPSA) is 117 Å². The number of rotatable bonds is 3. The van der Waals surface area contributed by atoms with Crippen molar-refractivity contribution in [2.24, 2.45) is 0 Å². The molecule has 2 rings (SSSR count). The minimum atomic E-state index is -1.09. The van der Waals surface area contributed by atoms with Gasteiger partial charge in [-0.2, -0.15) is 5.10 Å². The predicted molar refractivity (Wildman–Crippen MR) is 73.6 cm³/mol. The first-order valence-corrected chi connectivity index (χ1v) is 6.10. The van der Waals surface area contributed by atoms with E-state index in [1.807, 2.05) is 0 Å². The second kappa shape index (κ2) is 6.06. The number of hydrogen-bond acceptors (Lipinski definition) is 5. The highest BCUT2D eigenvalue weighted by Gasteiger charge is 2.10. The lowest BCUT2D eigenvalue weighted by Gasteiger charge is -2.08. The van der Waals surface area contributed by atoms with Gasteiger partial charge in [0.25, 0.3) is 5.95 Å². The highest BCUT2D eigenvalue weighted by atomic mass is 79.9. The van der Waals surface area contributed by atoms with Gasteiger partial charge >= 0.3 is 12.0 Å². The fourth-order valence-corrected chi connectivity index (χ4v) is 1.66. The summed E-state index contributed by atoms with van der Waals surface area (Å²) >= 11 is 3.21. The van der Waals surface area contributed by atoms with Crippen LogP contribution in [0.2, 0.25) is 0 Å². The molecule has 8 nitrogen and oxygen atoms in total. The third kappa shape index (κ3) is 3.48. The Bertz CT molecular complexity index is 650. The molecule has 0 spiro atoms. The number of nitrogens with zero attached hydrogens (tertiary/aromatic N) is 3. The van der Waals surface area contributed by atoms with E-state index in [4.69, 9.17) is 5.11 Å². The zero-order valence-corrected chi connectivity index (χ0v) is 11.5. The van der Waals surface area contributed by atoms with Crippen LogP contribution in [0.1, 0.15) is 10.4 Å². The van der Waals surface area contributed by atoms with E-state index in [0.717, 1.165) is 0 Å². The highest BCUT2D eigenvalue weighted by Crippen LogP contribution is 2.23. The minimum Gasteiger partial charge on any atom is -0.478 e. The van der Waals surface area contributed by atoms with Gasteiger partial charge in [-0.3, -0.25) is 5.32 Å². The molecule has 0 atom stereocenters. The van der Waals surface area contributed by atoms with Crippen LogP contribution in [-0.2, 0) is 0 Å². The Kier molecular flexibility index (Phi) is 4.20. The molecule has 0 radical (unpaired) electrons. The molecule has 3 N–H and O–H groups in total. The lowest BCUT2D eigenvalue weighted by Crippen LogP contribution is -2.21. The van der Waals surface area contributed by atoms with Crippen molar-refractivity contribution in [3.8, 4) is 0 Å². The van der Waals surface area contributed by atoms with Gasteiger partial charge in [0.2, 0.25) is 0 Å². The normalized spacial score (nSPS) is 9.85. The fraction of sp³-hybridized carbons (Fsp3) is 0. The lowest BCUT2D eigenvalue weighted by atomic mass is 10.2. The molecule has 0 saturated carbocycles. The van der Waals surface area contributed by atoms with E-state index in [1.165, 1.54) is 30.6 Å². The van der Waals surface area contributed by atoms with Gasteiger partial charge in [0.05, 0.1) is 23.6 Å². The van der Waals surface area contributed by atoms with Crippen molar-refractivity contribution < 1.29 is 14.7 Å². The monoisotopic (exact) mass is 337 g/mol. The van der Waals surface area contributed by atoms with E-state index in [1.54, 1.807) is 0 Å². The van der Waals surface area contributed by atoms with Crippen LogP contribution < -0.4 is 10.6 Å². The molecule has 0 aliphatic carbocycles. The molecule has 102 valence electrons. The molecule has 9 heteroatoms. The number of benzene rings is 1. The highest BCUT2D eigenvalue weighted by molar-refractivity contribution is 9.10. The van der Waals surface area contributed by atoms with Gasteiger partial charge in [0.15, 0.2) is 0 Å². The summed E-state index contributed by atoms with van der Waals surface area (Å²) in [4.78, 5) is 26.4. The molecular formula is C11H8BrN5O3. The van der Waals surface area contributed by atoms with Crippen LogP contribution in [0.3, 0.4) is 0 Å². The summed E-state index contributed by atoms with van der Waals surface area (Å²) in [6.07, 6.45) is 2.75. The van der Waals surface area contributed by atoms with Gasteiger partial charge in [0, 0.05) is 4.47 Å². The first-order chi connectivity index (χ1) is 9.56. The molecule has 1 aromatic carbocycles. The minimum absolute atomic E-state index is 0.0375. The number of nitrogens with one attached hydrogen (secondary N) is 2. The van der Waals surface area contributed by atoms with Crippen LogP contribution in [0.15, 0.2) is 35.1 Å². The van der Waals surface area contributed by atoms with E-state index >= 15 is 0 Å². The Balaban J connectivity index is 2.11. The summed E-state index contributed by atoms with van der Waals surface area (Å²) in [5.74, 6) is -1.05. The predicted octanol–water partition coefficient (Wildman–Crippen LogP) is 1.98. The second-order valence-corrected chi connectivity index (χ2v) is 4.40. The third-order valence-electron chi connectivity index (χ3n) is 2.17.